The van der Waals surface area contributed by atoms with Crippen molar-refractivity contribution in [3.63, 3.8) is 0 Å². The van der Waals surface area contributed by atoms with Gasteiger partial charge in [-0.2, -0.15) is 0 Å². The van der Waals surface area contributed by atoms with E-state index in [1.54, 1.807) is 18.2 Å². The largest absolute Gasteiger partial charge is 0.354 e. The van der Waals surface area contributed by atoms with Gasteiger partial charge in [-0.05, 0) is 43.9 Å². The van der Waals surface area contributed by atoms with Crippen molar-refractivity contribution in [1.82, 2.24) is 14.9 Å². The van der Waals surface area contributed by atoms with E-state index in [9.17, 15) is 9.18 Å². The first kappa shape index (κ1) is 19.8. The maximum atomic E-state index is 13.7. The fourth-order valence-electron chi connectivity index (χ4n) is 2.78. The van der Waals surface area contributed by atoms with E-state index in [0.717, 1.165) is 18.5 Å². The molecular formula is C20H27FN4O. The number of aromatic nitrogens is 2. The number of nitrogens with one attached hydrogen (secondary N) is 1. The number of hydrogen-bond acceptors (Lipinski definition) is 4. The second-order valence-electron chi connectivity index (χ2n) is 6.28. The Hall–Kier alpha value is -2.50. The molecule has 0 aliphatic heterocycles. The van der Waals surface area contributed by atoms with Crippen molar-refractivity contribution in [2.24, 2.45) is 0 Å². The van der Waals surface area contributed by atoms with Crippen molar-refractivity contribution in [3.05, 3.63) is 53.1 Å². The monoisotopic (exact) mass is 358 g/mol. The van der Waals surface area contributed by atoms with E-state index in [4.69, 9.17) is 0 Å². The second-order valence-corrected chi connectivity index (χ2v) is 6.28. The van der Waals surface area contributed by atoms with Crippen molar-refractivity contribution < 1.29 is 9.18 Å². The van der Waals surface area contributed by atoms with Crippen LogP contribution in [0.25, 0.3) is 0 Å². The average Bonchev–Trinajstić information content (AvgIpc) is 2.62. The van der Waals surface area contributed by atoms with E-state index in [1.807, 2.05) is 17.9 Å². The summed E-state index contributed by atoms with van der Waals surface area (Å²) >= 11 is 0. The van der Waals surface area contributed by atoms with E-state index in [2.05, 4.69) is 29.1 Å². The first-order valence-corrected chi connectivity index (χ1v) is 9.17. The van der Waals surface area contributed by atoms with E-state index in [1.165, 1.54) is 6.07 Å². The average molecular weight is 358 g/mol. The molecule has 1 N–H and O–H groups in total. The van der Waals surface area contributed by atoms with Gasteiger partial charge in [0.15, 0.2) is 0 Å². The molecule has 0 unspecified atom stereocenters. The summed E-state index contributed by atoms with van der Waals surface area (Å²) in [6, 6.07) is 8.41. The minimum atomic E-state index is -0.217. The summed E-state index contributed by atoms with van der Waals surface area (Å²) in [4.78, 5) is 23.3. The number of anilines is 1. The van der Waals surface area contributed by atoms with E-state index in [0.29, 0.717) is 43.3 Å². The van der Waals surface area contributed by atoms with Gasteiger partial charge in [0.25, 0.3) is 5.91 Å². The summed E-state index contributed by atoms with van der Waals surface area (Å²) < 4.78 is 13.7. The van der Waals surface area contributed by atoms with Gasteiger partial charge in [0, 0.05) is 25.3 Å². The molecule has 140 valence electrons. The molecule has 0 radical (unpaired) electrons. The van der Waals surface area contributed by atoms with Gasteiger partial charge in [-0.1, -0.05) is 32.0 Å². The first-order chi connectivity index (χ1) is 12.5. The molecule has 1 amide bonds. The summed E-state index contributed by atoms with van der Waals surface area (Å²) in [6.45, 7) is 7.86. The lowest BCUT2D eigenvalue weighted by atomic mass is 10.1. The molecule has 0 spiro atoms. The summed E-state index contributed by atoms with van der Waals surface area (Å²) in [5.74, 6) is 0.110. The zero-order valence-corrected chi connectivity index (χ0v) is 15.8. The van der Waals surface area contributed by atoms with Crippen molar-refractivity contribution >= 4 is 11.9 Å². The molecule has 1 aromatic carbocycles. The highest BCUT2D eigenvalue weighted by Gasteiger charge is 2.17. The van der Waals surface area contributed by atoms with E-state index >= 15 is 0 Å². The Labute approximate surface area is 154 Å². The topological polar surface area (TPSA) is 58.1 Å². The lowest BCUT2D eigenvalue weighted by Gasteiger charge is -2.21. The predicted octanol–water partition coefficient (Wildman–Crippen LogP) is 3.84. The Morgan fingerprint density at radius 3 is 2.50 bits per heavy atom. The first-order valence-electron chi connectivity index (χ1n) is 9.17. The third-order valence-electron chi connectivity index (χ3n) is 3.98. The molecule has 0 saturated carbocycles. The van der Waals surface area contributed by atoms with Crippen LogP contribution in [0.5, 0.6) is 0 Å². The Morgan fingerprint density at radius 2 is 1.85 bits per heavy atom. The molecule has 1 aromatic heterocycles. The van der Waals surface area contributed by atoms with Crippen molar-refractivity contribution in [3.8, 4) is 0 Å². The predicted molar refractivity (Wildman–Crippen MR) is 102 cm³/mol. The van der Waals surface area contributed by atoms with Crippen LogP contribution in [-0.2, 0) is 6.42 Å². The van der Waals surface area contributed by atoms with Gasteiger partial charge >= 0.3 is 0 Å². The highest BCUT2D eigenvalue weighted by molar-refractivity contribution is 5.92. The number of carbonyl (C=O) groups is 1. The van der Waals surface area contributed by atoms with Crippen LogP contribution >= 0.6 is 0 Å². The number of rotatable bonds is 9. The summed E-state index contributed by atoms with van der Waals surface area (Å²) in [6.07, 6.45) is 2.33. The zero-order chi connectivity index (χ0) is 18.9. The number of amides is 1. The maximum Gasteiger partial charge on any atom is 0.272 e. The molecular weight excluding hydrogens is 331 g/mol. The normalized spacial score (nSPS) is 10.6. The number of halogens is 1. The maximum absolute atomic E-state index is 13.7. The van der Waals surface area contributed by atoms with Crippen LogP contribution in [0, 0.1) is 12.7 Å². The zero-order valence-electron chi connectivity index (χ0n) is 15.8. The third-order valence-corrected chi connectivity index (χ3v) is 3.98. The van der Waals surface area contributed by atoms with Crippen molar-refractivity contribution in [2.45, 2.75) is 40.0 Å². The summed E-state index contributed by atoms with van der Waals surface area (Å²) in [5, 5.41) is 3.10. The Kier molecular flexibility index (Phi) is 7.51. The van der Waals surface area contributed by atoms with Crippen LogP contribution in [0.3, 0.4) is 0 Å². The Morgan fingerprint density at radius 1 is 1.15 bits per heavy atom. The van der Waals surface area contributed by atoms with Crippen LogP contribution in [-0.4, -0.2) is 40.4 Å². The van der Waals surface area contributed by atoms with Gasteiger partial charge in [0.1, 0.15) is 11.5 Å². The smallest absolute Gasteiger partial charge is 0.272 e. The quantitative estimate of drug-likeness (QED) is 0.740. The molecule has 1 heterocycles. The number of nitrogens with zero attached hydrogens (tertiary/aromatic N) is 3. The minimum Gasteiger partial charge on any atom is -0.354 e. The van der Waals surface area contributed by atoms with Crippen LogP contribution < -0.4 is 5.32 Å². The fourth-order valence-corrected chi connectivity index (χ4v) is 2.78. The highest BCUT2D eigenvalue weighted by atomic mass is 19.1. The molecule has 2 rings (SSSR count). The number of benzene rings is 1. The molecule has 0 aliphatic rings. The highest BCUT2D eigenvalue weighted by Crippen LogP contribution is 2.11. The molecule has 6 heteroatoms. The molecule has 5 nitrogen and oxygen atoms in total. The summed E-state index contributed by atoms with van der Waals surface area (Å²) in [5.41, 5.74) is 1.76. The lowest BCUT2D eigenvalue weighted by Crippen LogP contribution is -2.33. The Bertz CT molecular complexity index is 730. The fraction of sp³-hybridized carbons (Fsp3) is 0.450. The third kappa shape index (κ3) is 5.51. The Balaban J connectivity index is 2.06. The van der Waals surface area contributed by atoms with Gasteiger partial charge < -0.3 is 10.2 Å². The molecule has 0 bridgehead atoms. The van der Waals surface area contributed by atoms with Gasteiger partial charge in [-0.25, -0.2) is 14.4 Å². The number of aryl methyl sites for hydroxylation is 1. The van der Waals surface area contributed by atoms with Gasteiger partial charge in [0.05, 0.1) is 0 Å². The van der Waals surface area contributed by atoms with Crippen LogP contribution in [0.4, 0.5) is 10.3 Å². The van der Waals surface area contributed by atoms with Crippen molar-refractivity contribution in [2.75, 3.05) is 25.0 Å². The summed E-state index contributed by atoms with van der Waals surface area (Å²) in [7, 11) is 0. The molecule has 26 heavy (non-hydrogen) atoms. The van der Waals surface area contributed by atoms with Crippen molar-refractivity contribution in [1.29, 1.82) is 0 Å². The van der Waals surface area contributed by atoms with Gasteiger partial charge in [-0.3, -0.25) is 4.79 Å². The van der Waals surface area contributed by atoms with Gasteiger partial charge in [0.2, 0.25) is 5.95 Å². The van der Waals surface area contributed by atoms with Crippen LogP contribution in [0.2, 0.25) is 0 Å². The molecule has 0 aliphatic carbocycles. The molecule has 0 fully saturated rings. The second kappa shape index (κ2) is 9.85. The van der Waals surface area contributed by atoms with Gasteiger partial charge in [-0.15, -0.1) is 0 Å². The molecule has 0 saturated heterocycles. The lowest BCUT2D eigenvalue weighted by molar-refractivity contribution is 0.0749. The SMILES string of the molecule is CCCN(CCC)C(=O)c1cc(C)nc(NCCc2ccccc2F)n1. The van der Waals surface area contributed by atoms with Crippen LogP contribution in [0.15, 0.2) is 30.3 Å². The molecule has 0 atom stereocenters. The van der Waals surface area contributed by atoms with E-state index in [-0.39, 0.29) is 11.7 Å². The standard InChI is InChI=1S/C20H27FN4O/c1-4-12-25(13-5-2)19(26)18-14-15(3)23-20(24-18)22-11-10-16-8-6-7-9-17(16)21/h6-9,14H,4-5,10-13H2,1-3H3,(H,22,23,24). The number of carbonyl (C=O) groups excluding carboxylic acids is 1. The minimum absolute atomic E-state index is 0.0728. The molecule has 2 aromatic rings. The number of hydrogen-bond donors (Lipinski definition) is 1. The van der Waals surface area contributed by atoms with Crippen LogP contribution in [0.1, 0.15) is 48.4 Å². The van der Waals surface area contributed by atoms with E-state index < -0.39 is 0 Å².